The van der Waals surface area contributed by atoms with Gasteiger partial charge in [0.05, 0.1) is 22.2 Å². The molecule has 8 heteroatoms. The van der Waals surface area contributed by atoms with Crippen LogP contribution < -0.4 is 15.0 Å². The van der Waals surface area contributed by atoms with Crippen molar-refractivity contribution in [2.75, 3.05) is 30.9 Å². The molecule has 35 heavy (non-hydrogen) atoms. The predicted molar refractivity (Wildman–Crippen MR) is 150 cm³/mol. The molecular formula is C27H31BrN2O3S2. The van der Waals surface area contributed by atoms with Crippen LogP contribution >= 0.6 is 39.5 Å². The number of carbonyl (C=O) groups excluding carboxylic acids is 2. The largest absolute Gasteiger partial charge is 0.496 e. The highest BCUT2D eigenvalue weighted by Gasteiger charge is 2.30. The fourth-order valence-electron chi connectivity index (χ4n) is 4.32. The van der Waals surface area contributed by atoms with Crippen LogP contribution in [-0.4, -0.2) is 43.0 Å². The van der Waals surface area contributed by atoms with Gasteiger partial charge in [0.1, 0.15) is 12.3 Å². The smallest absolute Gasteiger partial charge is 0.265 e. The third-order valence-corrected chi connectivity index (χ3v) is 9.32. The molecule has 2 aromatic carbocycles. The molecule has 2 aliphatic rings. The minimum absolute atomic E-state index is 0.00974. The van der Waals surface area contributed by atoms with E-state index in [2.05, 4.69) is 21.2 Å². The van der Waals surface area contributed by atoms with E-state index in [1.54, 1.807) is 12.0 Å². The highest BCUT2D eigenvalue weighted by molar-refractivity contribution is 9.10. The van der Waals surface area contributed by atoms with Gasteiger partial charge < -0.3 is 10.1 Å². The number of nitrogens with one attached hydrogen (secondary N) is 1. The van der Waals surface area contributed by atoms with Crippen LogP contribution in [0.2, 0.25) is 0 Å². The molecule has 1 heterocycles. The van der Waals surface area contributed by atoms with Gasteiger partial charge in [0, 0.05) is 16.7 Å². The maximum Gasteiger partial charge on any atom is 0.265 e. The number of anilines is 1. The minimum Gasteiger partial charge on any atom is -0.496 e. The van der Waals surface area contributed by atoms with Crippen molar-refractivity contribution in [2.24, 2.45) is 0 Å². The van der Waals surface area contributed by atoms with Crippen LogP contribution in [0, 0.1) is 0 Å². The number of benzene rings is 2. The van der Waals surface area contributed by atoms with Gasteiger partial charge in [-0.3, -0.25) is 14.5 Å². The normalized spacial score (nSPS) is 17.4. The maximum absolute atomic E-state index is 13.4. The molecule has 2 amide bonds. The number of hydrogen-bond acceptors (Lipinski definition) is 5. The number of ether oxygens (including phenoxy) is 1. The molecule has 1 saturated carbocycles. The molecule has 0 bridgehead atoms. The molecule has 4 rings (SSSR count). The van der Waals surface area contributed by atoms with Gasteiger partial charge in [-0.25, -0.2) is 0 Å². The molecule has 2 aromatic rings. The summed E-state index contributed by atoms with van der Waals surface area (Å²) in [7, 11) is 1.62. The Hall–Kier alpha value is -1.90. The Bertz CT molecular complexity index is 1090. The van der Waals surface area contributed by atoms with E-state index in [1.807, 2.05) is 60.3 Å². The van der Waals surface area contributed by atoms with E-state index in [0.29, 0.717) is 11.4 Å². The summed E-state index contributed by atoms with van der Waals surface area (Å²) in [5, 5.41) is 3.80. The van der Waals surface area contributed by atoms with Crippen molar-refractivity contribution in [1.29, 1.82) is 0 Å². The number of methoxy groups -OCH3 is 1. The topological polar surface area (TPSA) is 58.6 Å². The minimum atomic E-state index is -0.163. The number of para-hydroxylation sites is 1. The van der Waals surface area contributed by atoms with Gasteiger partial charge in [-0.2, -0.15) is 11.8 Å². The van der Waals surface area contributed by atoms with Gasteiger partial charge >= 0.3 is 0 Å². The van der Waals surface area contributed by atoms with Crippen molar-refractivity contribution in [2.45, 2.75) is 48.7 Å². The van der Waals surface area contributed by atoms with Gasteiger partial charge in [0.15, 0.2) is 0 Å². The second-order valence-corrected chi connectivity index (χ2v) is 12.0. The van der Waals surface area contributed by atoms with Crippen LogP contribution in [0.3, 0.4) is 0 Å². The second-order valence-electron chi connectivity index (χ2n) is 8.70. The highest BCUT2D eigenvalue weighted by atomic mass is 79.9. The summed E-state index contributed by atoms with van der Waals surface area (Å²) in [6.07, 6.45) is 9.54. The Balaban J connectivity index is 1.38. The maximum atomic E-state index is 13.4. The fraction of sp³-hybridized carbons (Fsp3) is 0.407. The first kappa shape index (κ1) is 26.2. The summed E-state index contributed by atoms with van der Waals surface area (Å²) >= 11 is 6.98. The molecule has 1 aliphatic carbocycles. The van der Waals surface area contributed by atoms with Crippen LogP contribution in [0.5, 0.6) is 5.75 Å². The first-order valence-electron chi connectivity index (χ1n) is 12.1. The van der Waals surface area contributed by atoms with Gasteiger partial charge in [0.2, 0.25) is 5.91 Å². The van der Waals surface area contributed by atoms with E-state index in [1.165, 1.54) is 43.9 Å². The summed E-state index contributed by atoms with van der Waals surface area (Å²) < 4.78 is 6.12. The third-order valence-electron chi connectivity index (χ3n) is 6.16. The SMILES string of the molecule is COc1ccc(/C=C2/Sc3ccccc3N(CC(=O)NCCCSC3CCCCC3)C2=O)cc1Br. The number of carbonyl (C=O) groups is 2. The molecule has 186 valence electrons. The molecule has 5 nitrogen and oxygen atoms in total. The van der Waals surface area contributed by atoms with E-state index in [0.717, 1.165) is 43.8 Å². The standard InChI is InChI=1S/C27H31BrN2O3S2/c1-33-23-13-12-19(16-21(23)28)17-25-27(32)30(22-10-5-6-11-24(22)35-25)18-26(31)29-14-7-15-34-20-8-3-2-4-9-20/h5-6,10-13,16-17,20H,2-4,7-9,14-15,18H2,1H3,(H,29,31)/b25-17+. The first-order valence-corrected chi connectivity index (χ1v) is 14.7. The van der Waals surface area contributed by atoms with Crippen LogP contribution in [0.25, 0.3) is 6.08 Å². The van der Waals surface area contributed by atoms with Gasteiger partial charge in [-0.15, -0.1) is 0 Å². The zero-order valence-electron chi connectivity index (χ0n) is 19.9. The van der Waals surface area contributed by atoms with Gasteiger partial charge in [-0.05, 0) is 76.9 Å². The van der Waals surface area contributed by atoms with Crippen molar-refractivity contribution < 1.29 is 14.3 Å². The number of hydrogen-bond donors (Lipinski definition) is 1. The lowest BCUT2D eigenvalue weighted by Gasteiger charge is -2.29. The Morgan fingerprint density at radius 1 is 1.23 bits per heavy atom. The van der Waals surface area contributed by atoms with Crippen LogP contribution in [-0.2, 0) is 9.59 Å². The first-order chi connectivity index (χ1) is 17.0. The number of fused-ring (bicyclic) bond motifs is 1. The second kappa shape index (κ2) is 12.9. The lowest BCUT2D eigenvalue weighted by atomic mass is 10.0. The summed E-state index contributed by atoms with van der Waals surface area (Å²) in [5.74, 6) is 1.51. The molecule has 0 spiro atoms. The fourth-order valence-corrected chi connectivity index (χ4v) is 7.25. The monoisotopic (exact) mass is 574 g/mol. The zero-order chi connectivity index (χ0) is 24.6. The summed E-state index contributed by atoms with van der Waals surface area (Å²) in [6.45, 7) is 0.648. The number of halogens is 1. The predicted octanol–water partition coefficient (Wildman–Crippen LogP) is 6.51. The van der Waals surface area contributed by atoms with Crippen LogP contribution in [0.4, 0.5) is 5.69 Å². The quantitative estimate of drug-likeness (QED) is 0.273. The van der Waals surface area contributed by atoms with E-state index in [-0.39, 0.29) is 18.4 Å². The zero-order valence-corrected chi connectivity index (χ0v) is 23.1. The summed E-state index contributed by atoms with van der Waals surface area (Å²) in [4.78, 5) is 29.3. The van der Waals surface area contributed by atoms with Crippen molar-refractivity contribution in [3.63, 3.8) is 0 Å². The highest BCUT2D eigenvalue weighted by Crippen LogP contribution is 2.42. The molecule has 0 saturated heterocycles. The third kappa shape index (κ3) is 7.08. The molecule has 1 aliphatic heterocycles. The molecular weight excluding hydrogens is 544 g/mol. The van der Waals surface area contributed by atoms with Crippen LogP contribution in [0.15, 0.2) is 56.7 Å². The number of nitrogens with zero attached hydrogens (tertiary/aromatic N) is 1. The van der Waals surface area contributed by atoms with Crippen molar-refractivity contribution in [3.05, 3.63) is 57.4 Å². The Labute approximate surface area is 224 Å². The van der Waals surface area contributed by atoms with E-state index in [9.17, 15) is 9.59 Å². The van der Waals surface area contributed by atoms with Gasteiger partial charge in [-0.1, -0.05) is 49.2 Å². The van der Waals surface area contributed by atoms with Crippen molar-refractivity contribution >= 4 is 63.0 Å². The summed E-state index contributed by atoms with van der Waals surface area (Å²) in [5.41, 5.74) is 1.66. The number of thioether (sulfide) groups is 2. The molecule has 0 unspecified atom stereocenters. The Morgan fingerprint density at radius 2 is 2.03 bits per heavy atom. The van der Waals surface area contributed by atoms with E-state index in [4.69, 9.17) is 4.74 Å². The number of rotatable bonds is 9. The average molecular weight is 576 g/mol. The molecule has 0 radical (unpaired) electrons. The Morgan fingerprint density at radius 3 is 2.80 bits per heavy atom. The average Bonchev–Trinajstić information content (AvgIpc) is 2.87. The summed E-state index contributed by atoms with van der Waals surface area (Å²) in [6, 6.07) is 13.4. The van der Waals surface area contributed by atoms with E-state index < -0.39 is 0 Å². The lowest BCUT2D eigenvalue weighted by Crippen LogP contribution is -2.43. The van der Waals surface area contributed by atoms with E-state index >= 15 is 0 Å². The van der Waals surface area contributed by atoms with Crippen molar-refractivity contribution in [3.8, 4) is 5.75 Å². The molecule has 0 atom stereocenters. The molecule has 1 N–H and O–H groups in total. The Kier molecular flexibility index (Phi) is 9.63. The number of amides is 2. The molecule has 0 aromatic heterocycles. The van der Waals surface area contributed by atoms with Crippen LogP contribution in [0.1, 0.15) is 44.1 Å². The van der Waals surface area contributed by atoms with Crippen molar-refractivity contribution in [1.82, 2.24) is 5.32 Å². The molecule has 1 fully saturated rings. The lowest BCUT2D eigenvalue weighted by molar-refractivity contribution is -0.122. The van der Waals surface area contributed by atoms with Gasteiger partial charge in [0.25, 0.3) is 5.91 Å².